The van der Waals surface area contributed by atoms with Crippen molar-refractivity contribution in [1.82, 2.24) is 25.1 Å². The van der Waals surface area contributed by atoms with Crippen molar-refractivity contribution < 1.29 is 19.1 Å². The predicted octanol–water partition coefficient (Wildman–Crippen LogP) is 3.23. The standard InChI is InChI=1S/C21H25N5O4/c1-14(2)12-17-11-10-16(19-22-24-26(23-19)15(3)20(27)29-4)13-25(17)21(28)30-18-8-6-5-7-9-18/h5-11,13-15,17H,12H2,1-4H3. The van der Waals surface area contributed by atoms with Gasteiger partial charge in [-0.2, -0.15) is 0 Å². The van der Waals surface area contributed by atoms with Gasteiger partial charge in [0.1, 0.15) is 5.75 Å². The topological polar surface area (TPSA) is 99.4 Å². The van der Waals surface area contributed by atoms with Crippen LogP contribution in [-0.4, -0.2) is 50.3 Å². The molecule has 1 aliphatic rings. The van der Waals surface area contributed by atoms with E-state index >= 15 is 0 Å². The van der Waals surface area contributed by atoms with Gasteiger partial charge in [0.2, 0.25) is 5.82 Å². The fourth-order valence-electron chi connectivity index (χ4n) is 3.00. The molecule has 0 aliphatic carbocycles. The minimum Gasteiger partial charge on any atom is -0.467 e. The molecule has 2 aromatic rings. The van der Waals surface area contributed by atoms with Crippen LogP contribution in [0.5, 0.6) is 5.75 Å². The summed E-state index contributed by atoms with van der Waals surface area (Å²) in [5.74, 6) is 0.660. The van der Waals surface area contributed by atoms with Crippen molar-refractivity contribution in [3.05, 3.63) is 54.5 Å². The van der Waals surface area contributed by atoms with Crippen LogP contribution in [0.25, 0.3) is 5.57 Å². The summed E-state index contributed by atoms with van der Waals surface area (Å²) >= 11 is 0. The first-order valence-corrected chi connectivity index (χ1v) is 9.72. The highest BCUT2D eigenvalue weighted by molar-refractivity contribution is 5.79. The maximum atomic E-state index is 12.9. The molecule has 0 spiro atoms. The van der Waals surface area contributed by atoms with Crippen molar-refractivity contribution in [2.24, 2.45) is 5.92 Å². The summed E-state index contributed by atoms with van der Waals surface area (Å²) < 4.78 is 10.2. The summed E-state index contributed by atoms with van der Waals surface area (Å²) in [4.78, 5) is 27.3. The molecular formula is C21H25N5O4. The van der Waals surface area contributed by atoms with Crippen molar-refractivity contribution in [3.8, 4) is 5.75 Å². The quantitative estimate of drug-likeness (QED) is 0.673. The molecule has 2 unspecified atom stereocenters. The van der Waals surface area contributed by atoms with E-state index in [1.54, 1.807) is 37.4 Å². The highest BCUT2D eigenvalue weighted by Gasteiger charge is 2.28. The molecule has 9 nitrogen and oxygen atoms in total. The number of hydrogen-bond acceptors (Lipinski definition) is 7. The van der Waals surface area contributed by atoms with Crippen LogP contribution in [0.15, 0.2) is 48.7 Å². The van der Waals surface area contributed by atoms with Gasteiger partial charge in [-0.05, 0) is 36.6 Å². The first-order chi connectivity index (χ1) is 14.4. The van der Waals surface area contributed by atoms with Gasteiger partial charge >= 0.3 is 12.1 Å². The molecule has 1 aromatic carbocycles. The summed E-state index contributed by atoms with van der Waals surface area (Å²) in [5.41, 5.74) is 0.586. The van der Waals surface area contributed by atoms with E-state index in [1.165, 1.54) is 16.8 Å². The van der Waals surface area contributed by atoms with E-state index in [9.17, 15) is 9.59 Å². The summed E-state index contributed by atoms with van der Waals surface area (Å²) in [6.07, 6.45) is 5.70. The zero-order valence-corrected chi connectivity index (χ0v) is 17.4. The molecule has 2 atom stereocenters. The van der Waals surface area contributed by atoms with Gasteiger partial charge in [-0.3, -0.25) is 4.90 Å². The molecule has 0 bridgehead atoms. The van der Waals surface area contributed by atoms with Gasteiger partial charge in [0.05, 0.1) is 13.2 Å². The number of hydrogen-bond donors (Lipinski definition) is 0. The second-order valence-electron chi connectivity index (χ2n) is 7.36. The lowest BCUT2D eigenvalue weighted by Gasteiger charge is -2.30. The van der Waals surface area contributed by atoms with Gasteiger partial charge in [0, 0.05) is 11.8 Å². The van der Waals surface area contributed by atoms with Crippen molar-refractivity contribution >= 4 is 17.6 Å². The number of aromatic nitrogens is 4. The van der Waals surface area contributed by atoms with Gasteiger partial charge in [-0.1, -0.05) is 44.2 Å². The Hall–Kier alpha value is -3.49. The van der Waals surface area contributed by atoms with Crippen LogP contribution in [0, 0.1) is 5.92 Å². The molecule has 1 aromatic heterocycles. The van der Waals surface area contributed by atoms with Crippen LogP contribution in [0.2, 0.25) is 0 Å². The minimum atomic E-state index is -0.711. The van der Waals surface area contributed by atoms with Crippen LogP contribution in [0.4, 0.5) is 4.79 Å². The summed E-state index contributed by atoms with van der Waals surface area (Å²) in [6.45, 7) is 5.80. The molecule has 158 valence electrons. The maximum Gasteiger partial charge on any atom is 0.419 e. The number of carbonyl (C=O) groups excluding carboxylic acids is 2. The highest BCUT2D eigenvalue weighted by atomic mass is 16.6. The van der Waals surface area contributed by atoms with E-state index in [0.29, 0.717) is 23.1 Å². The highest BCUT2D eigenvalue weighted by Crippen LogP contribution is 2.25. The molecule has 0 saturated carbocycles. The Morgan fingerprint density at radius 3 is 2.57 bits per heavy atom. The fraction of sp³-hybridized carbons (Fsp3) is 0.381. The lowest BCUT2D eigenvalue weighted by atomic mass is 9.99. The summed E-state index contributed by atoms with van der Waals surface area (Å²) in [5, 5.41) is 12.2. The zero-order valence-electron chi connectivity index (χ0n) is 17.4. The number of tetrazole rings is 1. The maximum absolute atomic E-state index is 12.9. The lowest BCUT2D eigenvalue weighted by molar-refractivity contribution is -0.144. The number of para-hydroxylation sites is 1. The van der Waals surface area contributed by atoms with Crippen molar-refractivity contribution in [2.45, 2.75) is 39.3 Å². The van der Waals surface area contributed by atoms with E-state index in [1.807, 2.05) is 18.2 Å². The number of amides is 1. The number of benzene rings is 1. The van der Waals surface area contributed by atoms with E-state index in [2.05, 4.69) is 29.3 Å². The van der Waals surface area contributed by atoms with Gasteiger partial charge in [-0.25, -0.2) is 9.59 Å². The van der Waals surface area contributed by atoms with Crippen LogP contribution in [0.1, 0.15) is 39.1 Å². The number of esters is 1. The zero-order chi connectivity index (χ0) is 21.7. The Bertz CT molecular complexity index is 951. The molecular weight excluding hydrogens is 386 g/mol. The van der Waals surface area contributed by atoms with Gasteiger partial charge in [-0.15, -0.1) is 15.0 Å². The third-order valence-corrected chi connectivity index (χ3v) is 4.58. The number of methoxy groups -OCH3 is 1. The number of nitrogens with zero attached hydrogens (tertiary/aromatic N) is 5. The van der Waals surface area contributed by atoms with Crippen molar-refractivity contribution in [2.75, 3.05) is 7.11 Å². The number of carbonyl (C=O) groups is 2. The first-order valence-electron chi connectivity index (χ1n) is 9.72. The van der Waals surface area contributed by atoms with Crippen molar-refractivity contribution in [1.29, 1.82) is 0 Å². The van der Waals surface area contributed by atoms with E-state index in [0.717, 1.165) is 6.42 Å². The average Bonchev–Trinajstić information content (AvgIpc) is 3.23. The number of ether oxygens (including phenoxy) is 2. The SMILES string of the molecule is COC(=O)C(C)n1nnc(C2=CN(C(=O)Oc3ccccc3)C(CC(C)C)C=C2)n1. The second kappa shape index (κ2) is 9.34. The van der Waals surface area contributed by atoms with Gasteiger partial charge < -0.3 is 9.47 Å². The molecule has 9 heteroatoms. The van der Waals surface area contributed by atoms with Gasteiger partial charge in [0.25, 0.3) is 0 Å². The van der Waals surface area contributed by atoms with E-state index in [-0.39, 0.29) is 6.04 Å². The molecule has 30 heavy (non-hydrogen) atoms. The van der Waals surface area contributed by atoms with Crippen LogP contribution < -0.4 is 4.74 Å². The van der Waals surface area contributed by atoms with E-state index < -0.39 is 18.1 Å². The fourth-order valence-corrected chi connectivity index (χ4v) is 3.00. The average molecular weight is 411 g/mol. The molecule has 2 heterocycles. The van der Waals surface area contributed by atoms with Gasteiger partial charge in [0.15, 0.2) is 6.04 Å². The first kappa shape index (κ1) is 21.2. The molecule has 1 amide bonds. The Morgan fingerprint density at radius 1 is 1.17 bits per heavy atom. The Labute approximate surface area is 175 Å². The Morgan fingerprint density at radius 2 is 1.90 bits per heavy atom. The largest absolute Gasteiger partial charge is 0.467 e. The minimum absolute atomic E-state index is 0.158. The molecule has 0 radical (unpaired) electrons. The van der Waals surface area contributed by atoms with Crippen LogP contribution in [0.3, 0.4) is 0 Å². The smallest absolute Gasteiger partial charge is 0.419 e. The third kappa shape index (κ3) is 4.91. The molecule has 0 fully saturated rings. The number of allylic oxidation sites excluding steroid dienone is 2. The molecule has 1 aliphatic heterocycles. The second-order valence-corrected chi connectivity index (χ2v) is 7.36. The number of rotatable bonds is 6. The predicted molar refractivity (Wildman–Crippen MR) is 109 cm³/mol. The van der Waals surface area contributed by atoms with Crippen LogP contribution in [-0.2, 0) is 9.53 Å². The monoisotopic (exact) mass is 411 g/mol. The Kier molecular flexibility index (Phi) is 6.61. The summed E-state index contributed by atoms with van der Waals surface area (Å²) in [6, 6.07) is 8.03. The Balaban J connectivity index is 1.85. The van der Waals surface area contributed by atoms with E-state index in [4.69, 9.17) is 9.47 Å². The molecule has 3 rings (SSSR count). The lowest BCUT2D eigenvalue weighted by Crippen LogP contribution is -2.39. The molecule has 0 N–H and O–H groups in total. The molecule has 0 saturated heterocycles. The van der Waals surface area contributed by atoms with Crippen LogP contribution >= 0.6 is 0 Å². The third-order valence-electron chi connectivity index (χ3n) is 4.58. The van der Waals surface area contributed by atoms with Crippen molar-refractivity contribution in [3.63, 3.8) is 0 Å². The summed E-state index contributed by atoms with van der Waals surface area (Å²) in [7, 11) is 1.30. The normalized spacial score (nSPS) is 16.9.